The highest BCUT2D eigenvalue weighted by Crippen LogP contribution is 2.36. The third kappa shape index (κ3) is 1.22. The van der Waals surface area contributed by atoms with E-state index in [1.807, 2.05) is 11.9 Å². The first-order chi connectivity index (χ1) is 5.70. The molecule has 2 unspecified atom stereocenters. The van der Waals surface area contributed by atoms with E-state index >= 15 is 0 Å². The van der Waals surface area contributed by atoms with Gasteiger partial charge in [-0.1, -0.05) is 0 Å². The van der Waals surface area contributed by atoms with E-state index in [9.17, 15) is 4.79 Å². The van der Waals surface area contributed by atoms with Crippen LogP contribution in [-0.2, 0) is 4.79 Å². The first-order valence-electron chi connectivity index (χ1n) is 4.71. The van der Waals surface area contributed by atoms with Crippen LogP contribution >= 0.6 is 0 Å². The largest absolute Gasteiger partial charge is 0.341 e. The zero-order chi connectivity index (χ0) is 8.72. The van der Waals surface area contributed by atoms with Gasteiger partial charge >= 0.3 is 0 Å². The molecule has 0 spiro atoms. The molecule has 1 aliphatic heterocycles. The van der Waals surface area contributed by atoms with Crippen LogP contribution in [0.1, 0.15) is 25.7 Å². The van der Waals surface area contributed by atoms with Gasteiger partial charge in [-0.25, -0.2) is 0 Å². The number of likely N-dealkylation sites (tertiary alicyclic amines) is 1. The van der Waals surface area contributed by atoms with Gasteiger partial charge in [0.1, 0.15) is 0 Å². The highest BCUT2D eigenvalue weighted by Gasteiger charge is 2.39. The molecule has 2 rings (SSSR count). The van der Waals surface area contributed by atoms with Crippen LogP contribution < -0.4 is 5.73 Å². The highest BCUT2D eigenvalue weighted by atomic mass is 16.2. The van der Waals surface area contributed by atoms with Gasteiger partial charge in [-0.05, 0) is 25.2 Å². The number of likely N-dealkylation sites (N-methyl/N-ethyl adjacent to an activating group) is 1. The van der Waals surface area contributed by atoms with Gasteiger partial charge < -0.3 is 10.6 Å². The first kappa shape index (κ1) is 8.05. The Hall–Kier alpha value is -0.570. The Bertz CT molecular complexity index is 201. The van der Waals surface area contributed by atoms with Gasteiger partial charge in [0.2, 0.25) is 5.91 Å². The summed E-state index contributed by atoms with van der Waals surface area (Å²) in [5, 5.41) is 0. The quantitative estimate of drug-likeness (QED) is 0.646. The molecule has 1 amide bonds. The number of amides is 1. The molecule has 1 saturated heterocycles. The predicted molar refractivity (Wildman–Crippen MR) is 46.5 cm³/mol. The average Bonchev–Trinajstić information content (AvgIpc) is 2.82. The molecule has 2 N–H and O–H groups in total. The number of carbonyl (C=O) groups excluding carboxylic acids is 1. The zero-order valence-electron chi connectivity index (χ0n) is 7.49. The van der Waals surface area contributed by atoms with Gasteiger partial charge in [-0.2, -0.15) is 0 Å². The number of nitrogens with two attached hydrogens (primary N) is 1. The van der Waals surface area contributed by atoms with Gasteiger partial charge in [0.05, 0.1) is 0 Å². The Morgan fingerprint density at radius 1 is 1.50 bits per heavy atom. The van der Waals surface area contributed by atoms with Crippen molar-refractivity contribution in [2.75, 3.05) is 7.05 Å². The van der Waals surface area contributed by atoms with Crippen LogP contribution in [0, 0.1) is 5.92 Å². The van der Waals surface area contributed by atoms with Crippen LogP contribution in [0.4, 0.5) is 0 Å². The Kier molecular flexibility index (Phi) is 1.83. The molecule has 0 aromatic rings. The number of hydrogen-bond acceptors (Lipinski definition) is 2. The maximum atomic E-state index is 11.2. The fourth-order valence-electron chi connectivity index (χ4n) is 2.07. The smallest absolute Gasteiger partial charge is 0.222 e. The Balaban J connectivity index is 1.98. The van der Waals surface area contributed by atoms with E-state index in [1.165, 1.54) is 12.8 Å². The summed E-state index contributed by atoms with van der Waals surface area (Å²) >= 11 is 0. The molecule has 68 valence electrons. The third-order valence-electron chi connectivity index (χ3n) is 3.16. The second-order valence-electron chi connectivity index (χ2n) is 4.03. The van der Waals surface area contributed by atoms with Crippen molar-refractivity contribution in [1.29, 1.82) is 0 Å². The molecule has 2 aliphatic rings. The van der Waals surface area contributed by atoms with Gasteiger partial charge in [-0.15, -0.1) is 0 Å². The summed E-state index contributed by atoms with van der Waals surface area (Å²) in [6.07, 6.45) is 4.19. The molecule has 1 heterocycles. The monoisotopic (exact) mass is 168 g/mol. The second-order valence-corrected chi connectivity index (χ2v) is 4.03. The zero-order valence-corrected chi connectivity index (χ0v) is 7.49. The van der Waals surface area contributed by atoms with E-state index < -0.39 is 0 Å². The summed E-state index contributed by atoms with van der Waals surface area (Å²) in [5.41, 5.74) is 6.04. The van der Waals surface area contributed by atoms with Crippen LogP contribution in [0.15, 0.2) is 0 Å². The molecule has 0 radical (unpaired) electrons. The summed E-state index contributed by atoms with van der Waals surface area (Å²) < 4.78 is 0. The van der Waals surface area contributed by atoms with Crippen molar-refractivity contribution in [3.8, 4) is 0 Å². The Morgan fingerprint density at radius 2 is 2.17 bits per heavy atom. The first-order valence-corrected chi connectivity index (χ1v) is 4.71. The van der Waals surface area contributed by atoms with Gasteiger partial charge in [0.25, 0.3) is 0 Å². The number of rotatable bonds is 2. The standard InChI is InChI=1S/C9H16N2O/c1-11-7(4-5-8(11)12)9(10)6-2-3-6/h6-7,9H,2-5,10H2,1H3. The summed E-state index contributed by atoms with van der Waals surface area (Å²) in [7, 11) is 1.88. The SMILES string of the molecule is CN1C(=O)CCC1C(N)C1CC1. The molecule has 0 bridgehead atoms. The van der Waals surface area contributed by atoms with Crippen LogP contribution in [-0.4, -0.2) is 29.9 Å². The summed E-state index contributed by atoms with van der Waals surface area (Å²) in [6.45, 7) is 0. The maximum absolute atomic E-state index is 11.2. The molecule has 3 nitrogen and oxygen atoms in total. The van der Waals surface area contributed by atoms with E-state index in [2.05, 4.69) is 0 Å². The van der Waals surface area contributed by atoms with E-state index in [1.54, 1.807) is 0 Å². The van der Waals surface area contributed by atoms with Crippen molar-refractivity contribution in [3.63, 3.8) is 0 Å². The Morgan fingerprint density at radius 3 is 2.58 bits per heavy atom. The molecule has 2 fully saturated rings. The fourth-order valence-corrected chi connectivity index (χ4v) is 2.07. The normalized spacial score (nSPS) is 32.7. The molecule has 1 aliphatic carbocycles. The summed E-state index contributed by atoms with van der Waals surface area (Å²) in [5.74, 6) is 0.958. The van der Waals surface area contributed by atoms with Gasteiger partial charge in [0.15, 0.2) is 0 Å². The molecule has 0 aromatic heterocycles. The number of hydrogen-bond donors (Lipinski definition) is 1. The van der Waals surface area contributed by atoms with Crippen LogP contribution in [0.5, 0.6) is 0 Å². The van der Waals surface area contributed by atoms with Crippen molar-refractivity contribution in [2.24, 2.45) is 11.7 Å². The van der Waals surface area contributed by atoms with Crippen LogP contribution in [0.25, 0.3) is 0 Å². The molecule has 1 saturated carbocycles. The highest BCUT2D eigenvalue weighted by molar-refractivity contribution is 5.78. The van der Waals surface area contributed by atoms with Crippen molar-refractivity contribution in [2.45, 2.75) is 37.8 Å². The fraction of sp³-hybridized carbons (Fsp3) is 0.889. The minimum atomic E-state index is 0.237. The lowest BCUT2D eigenvalue weighted by Gasteiger charge is -2.25. The minimum absolute atomic E-state index is 0.237. The Labute approximate surface area is 72.9 Å². The van der Waals surface area contributed by atoms with Crippen LogP contribution in [0.3, 0.4) is 0 Å². The van der Waals surface area contributed by atoms with Crippen LogP contribution in [0.2, 0.25) is 0 Å². The molecule has 2 atom stereocenters. The molecule has 0 aromatic carbocycles. The van der Waals surface area contributed by atoms with E-state index in [0.717, 1.165) is 6.42 Å². The van der Waals surface area contributed by atoms with Crippen molar-refractivity contribution < 1.29 is 4.79 Å². The number of nitrogens with zero attached hydrogens (tertiary/aromatic N) is 1. The van der Waals surface area contributed by atoms with Gasteiger partial charge in [-0.3, -0.25) is 4.79 Å². The van der Waals surface area contributed by atoms with Crippen molar-refractivity contribution >= 4 is 5.91 Å². The number of carbonyl (C=O) groups is 1. The lowest BCUT2D eigenvalue weighted by molar-refractivity contribution is -0.127. The van der Waals surface area contributed by atoms with E-state index in [0.29, 0.717) is 18.4 Å². The van der Waals surface area contributed by atoms with Crippen molar-refractivity contribution in [1.82, 2.24) is 4.90 Å². The predicted octanol–water partition coefficient (Wildman–Crippen LogP) is 0.344. The van der Waals surface area contributed by atoms with Crippen molar-refractivity contribution in [3.05, 3.63) is 0 Å². The maximum Gasteiger partial charge on any atom is 0.222 e. The topological polar surface area (TPSA) is 46.3 Å². The average molecular weight is 168 g/mol. The second kappa shape index (κ2) is 2.73. The van der Waals surface area contributed by atoms with E-state index in [-0.39, 0.29) is 11.9 Å². The summed E-state index contributed by atoms with van der Waals surface area (Å²) in [4.78, 5) is 13.0. The molecular weight excluding hydrogens is 152 g/mol. The lowest BCUT2D eigenvalue weighted by atomic mass is 10.0. The molecule has 12 heavy (non-hydrogen) atoms. The third-order valence-corrected chi connectivity index (χ3v) is 3.16. The van der Waals surface area contributed by atoms with Gasteiger partial charge in [0, 0.05) is 25.6 Å². The summed E-state index contributed by atoms with van der Waals surface area (Å²) in [6, 6.07) is 0.562. The van der Waals surface area contributed by atoms with E-state index in [4.69, 9.17) is 5.73 Å². The molecular formula is C9H16N2O. The molecule has 3 heteroatoms. The lowest BCUT2D eigenvalue weighted by Crippen LogP contribution is -2.44. The minimum Gasteiger partial charge on any atom is -0.341 e.